The smallest absolute Gasteiger partial charge is 0.256 e. The highest BCUT2D eigenvalue weighted by Gasteiger charge is 2.26. The average molecular weight is 608 g/mol. The number of thiophene rings is 1. The molecule has 1 aliphatic carbocycles. The molecule has 0 unspecified atom stereocenters. The topological polar surface area (TPSA) is 179 Å². The average Bonchev–Trinajstić information content (AvgIpc) is 3.75. The van der Waals surface area contributed by atoms with Gasteiger partial charge in [0.1, 0.15) is 5.56 Å². The van der Waals surface area contributed by atoms with Crippen molar-refractivity contribution < 1.29 is 14.1 Å². The molecule has 0 bridgehead atoms. The van der Waals surface area contributed by atoms with E-state index in [4.69, 9.17) is 25.7 Å². The highest BCUT2D eigenvalue weighted by Crippen LogP contribution is 2.39. The van der Waals surface area contributed by atoms with Crippen molar-refractivity contribution in [1.82, 2.24) is 19.5 Å². The number of aromatic nitrogens is 4. The summed E-state index contributed by atoms with van der Waals surface area (Å²) in [5.74, 6) is 0.808. The van der Waals surface area contributed by atoms with Crippen LogP contribution in [0.15, 0.2) is 39.2 Å². The van der Waals surface area contributed by atoms with E-state index in [2.05, 4.69) is 25.7 Å². The van der Waals surface area contributed by atoms with Crippen LogP contribution in [0.1, 0.15) is 36.0 Å². The number of morpholine rings is 1. The van der Waals surface area contributed by atoms with Gasteiger partial charge in [0.15, 0.2) is 28.5 Å². The molecule has 13 nitrogen and oxygen atoms in total. The van der Waals surface area contributed by atoms with E-state index >= 15 is 0 Å². The first-order chi connectivity index (χ1) is 20.5. The van der Waals surface area contributed by atoms with Gasteiger partial charge in [-0.05, 0) is 12.8 Å². The zero-order valence-corrected chi connectivity index (χ0v) is 24.2. The maximum Gasteiger partial charge on any atom is 0.256 e. The number of nitrogens with two attached hydrogens (primary N) is 2. The Morgan fingerprint density at radius 3 is 2.79 bits per heavy atom. The first kappa shape index (κ1) is 26.8. The SMILES string of the molecule is NC(=O)c1c(Nc2cc(-c3csc4c(=O)cc(N5CCOCC5)sc34)on2)nc(N[C@H]2CCCC[C@H]2N)n2ccnc12. The number of amides is 1. The molecular formula is C27H29N9O4S2. The summed E-state index contributed by atoms with van der Waals surface area (Å²) in [6.45, 7) is 2.72. The zero-order valence-electron chi connectivity index (χ0n) is 22.5. The van der Waals surface area contributed by atoms with Crippen LogP contribution in [-0.4, -0.2) is 63.8 Å². The lowest BCUT2D eigenvalue weighted by Gasteiger charge is -2.30. The first-order valence-electron chi connectivity index (χ1n) is 13.8. The molecule has 6 heterocycles. The van der Waals surface area contributed by atoms with Crippen LogP contribution in [0.25, 0.3) is 26.4 Å². The highest BCUT2D eigenvalue weighted by molar-refractivity contribution is 7.28. The lowest BCUT2D eigenvalue weighted by molar-refractivity contribution is 0.100. The normalized spacial score (nSPS) is 19.4. The number of hydrogen-bond acceptors (Lipinski definition) is 13. The Kier molecular flexibility index (Phi) is 7.01. The van der Waals surface area contributed by atoms with Gasteiger partial charge in [-0.3, -0.25) is 14.0 Å². The standard InChI is InChI=1S/C27H29N9O4S2/c28-15-3-1-2-4-16(15)31-27-33-25(21(24(29)38)26-30-5-6-36(26)27)32-19-12-18(40-34-19)14-13-41-23-17(37)11-20(42-22(14)23)35-7-9-39-10-8-35/h5-6,11-13,15-16H,1-4,7-10,28H2,(H2,29,38)(H,31,33)(H,32,34)/t15-,16+/m1/s1. The number of anilines is 4. The Morgan fingerprint density at radius 1 is 1.14 bits per heavy atom. The summed E-state index contributed by atoms with van der Waals surface area (Å²) in [5, 5.41) is 13.5. The van der Waals surface area contributed by atoms with Gasteiger partial charge in [-0.25, -0.2) is 4.98 Å². The Bertz CT molecular complexity index is 1840. The second-order valence-electron chi connectivity index (χ2n) is 10.4. The Morgan fingerprint density at radius 2 is 1.98 bits per heavy atom. The monoisotopic (exact) mass is 607 g/mol. The second kappa shape index (κ2) is 11.0. The third kappa shape index (κ3) is 4.87. The van der Waals surface area contributed by atoms with Crippen LogP contribution in [0.3, 0.4) is 0 Å². The van der Waals surface area contributed by atoms with Gasteiger partial charge in [0.05, 0.1) is 27.6 Å². The van der Waals surface area contributed by atoms with Gasteiger partial charge in [-0.2, -0.15) is 4.98 Å². The third-order valence-corrected chi connectivity index (χ3v) is 10.0. The maximum atomic E-state index is 12.9. The van der Waals surface area contributed by atoms with Crippen molar-refractivity contribution >= 4 is 66.2 Å². The van der Waals surface area contributed by atoms with Crippen molar-refractivity contribution in [1.29, 1.82) is 0 Å². The van der Waals surface area contributed by atoms with Crippen LogP contribution in [-0.2, 0) is 4.74 Å². The van der Waals surface area contributed by atoms with E-state index in [1.54, 1.807) is 40.3 Å². The van der Waals surface area contributed by atoms with Crippen LogP contribution in [0.5, 0.6) is 0 Å². The molecule has 5 aromatic rings. The number of carbonyl (C=O) groups is 1. The molecule has 42 heavy (non-hydrogen) atoms. The van der Waals surface area contributed by atoms with Crippen LogP contribution >= 0.6 is 22.7 Å². The Labute approximate surface area is 247 Å². The van der Waals surface area contributed by atoms with E-state index in [0.717, 1.165) is 54.0 Å². The molecule has 1 amide bonds. The van der Waals surface area contributed by atoms with Gasteiger partial charge < -0.3 is 36.3 Å². The highest BCUT2D eigenvalue weighted by atomic mass is 32.1. The van der Waals surface area contributed by atoms with Crippen LogP contribution in [0, 0.1) is 0 Å². The van der Waals surface area contributed by atoms with E-state index in [-0.39, 0.29) is 28.9 Å². The fourth-order valence-corrected chi connectivity index (χ4v) is 7.88. The largest absolute Gasteiger partial charge is 0.378 e. The molecule has 1 saturated carbocycles. The molecule has 5 aromatic heterocycles. The predicted octanol–water partition coefficient (Wildman–Crippen LogP) is 3.38. The number of ether oxygens (including phenoxy) is 1. The molecule has 6 N–H and O–H groups in total. The summed E-state index contributed by atoms with van der Waals surface area (Å²) in [5.41, 5.74) is 13.4. The number of imidazole rings is 1. The van der Waals surface area contributed by atoms with Gasteiger partial charge in [0.25, 0.3) is 5.91 Å². The minimum atomic E-state index is -0.685. The summed E-state index contributed by atoms with van der Waals surface area (Å²) in [7, 11) is 0. The summed E-state index contributed by atoms with van der Waals surface area (Å²) in [6.07, 6.45) is 7.33. The Hall–Kier alpha value is -4.05. The fourth-order valence-electron chi connectivity index (χ4n) is 5.53. The van der Waals surface area contributed by atoms with Crippen LogP contribution < -0.4 is 32.4 Å². The second-order valence-corrected chi connectivity index (χ2v) is 12.3. The summed E-state index contributed by atoms with van der Waals surface area (Å²) in [6, 6.07) is 3.43. The van der Waals surface area contributed by atoms with Crippen molar-refractivity contribution in [2.24, 2.45) is 11.5 Å². The fraction of sp³-hybridized carbons (Fsp3) is 0.370. The molecule has 0 spiro atoms. The van der Waals surface area contributed by atoms with Crippen molar-refractivity contribution in [3.05, 3.63) is 45.7 Å². The molecule has 1 saturated heterocycles. The van der Waals surface area contributed by atoms with Gasteiger partial charge in [0.2, 0.25) is 5.95 Å². The minimum absolute atomic E-state index is 0.00987. The van der Waals surface area contributed by atoms with Crippen LogP contribution in [0.4, 0.5) is 22.6 Å². The molecule has 2 aliphatic rings. The number of nitrogens with zero attached hydrogens (tertiary/aromatic N) is 5. The lowest BCUT2D eigenvalue weighted by atomic mass is 9.91. The summed E-state index contributed by atoms with van der Waals surface area (Å²) in [4.78, 5) is 36.8. The van der Waals surface area contributed by atoms with Crippen LogP contribution in [0.2, 0.25) is 0 Å². The van der Waals surface area contributed by atoms with E-state index in [1.165, 1.54) is 11.3 Å². The number of carbonyl (C=O) groups excluding carboxylic acids is 1. The number of rotatable bonds is 7. The van der Waals surface area contributed by atoms with E-state index < -0.39 is 5.91 Å². The molecule has 0 aromatic carbocycles. The molecule has 7 rings (SSSR count). The van der Waals surface area contributed by atoms with E-state index in [1.807, 2.05) is 5.38 Å². The van der Waals surface area contributed by atoms with E-state index in [0.29, 0.717) is 41.1 Å². The quantitative estimate of drug-likeness (QED) is 0.213. The first-order valence-corrected chi connectivity index (χ1v) is 15.5. The zero-order chi connectivity index (χ0) is 28.8. The maximum absolute atomic E-state index is 12.9. The van der Waals surface area contributed by atoms with Gasteiger partial charge in [0, 0.05) is 60.6 Å². The number of fused-ring (bicyclic) bond motifs is 2. The van der Waals surface area contributed by atoms with E-state index in [9.17, 15) is 9.59 Å². The molecule has 2 atom stereocenters. The molecule has 1 aliphatic heterocycles. The summed E-state index contributed by atoms with van der Waals surface area (Å²) < 4.78 is 14.4. The number of nitrogens with one attached hydrogen (secondary N) is 2. The van der Waals surface area contributed by atoms with Gasteiger partial charge in [-0.1, -0.05) is 18.0 Å². The lowest BCUT2D eigenvalue weighted by Crippen LogP contribution is -2.43. The number of hydrogen-bond donors (Lipinski definition) is 4. The Balaban J connectivity index is 1.23. The number of primary amides is 1. The third-order valence-electron chi connectivity index (χ3n) is 7.70. The predicted molar refractivity (Wildman–Crippen MR) is 163 cm³/mol. The molecule has 0 radical (unpaired) electrons. The summed E-state index contributed by atoms with van der Waals surface area (Å²) >= 11 is 2.92. The van der Waals surface area contributed by atoms with Crippen molar-refractivity contribution in [2.45, 2.75) is 37.8 Å². The molecule has 15 heteroatoms. The molecule has 2 fully saturated rings. The molecule has 218 valence electrons. The molecular weight excluding hydrogens is 578 g/mol. The minimum Gasteiger partial charge on any atom is -0.378 e. The van der Waals surface area contributed by atoms with Crippen molar-refractivity contribution in [2.75, 3.05) is 41.8 Å². The van der Waals surface area contributed by atoms with Gasteiger partial charge in [-0.15, -0.1) is 22.7 Å². The van der Waals surface area contributed by atoms with Gasteiger partial charge >= 0.3 is 0 Å². The van der Waals surface area contributed by atoms with Crippen molar-refractivity contribution in [3.8, 4) is 11.3 Å². The van der Waals surface area contributed by atoms with Crippen molar-refractivity contribution in [3.63, 3.8) is 0 Å².